The fraction of sp³-hybridized carbons (Fsp3) is 0.917. The van der Waals surface area contributed by atoms with E-state index in [2.05, 4.69) is 0 Å². The van der Waals surface area contributed by atoms with Crippen LogP contribution in [0.1, 0.15) is 26.7 Å². The van der Waals surface area contributed by atoms with Crippen molar-refractivity contribution < 1.29 is 35.9 Å². The molecular formula is C12H19F6NO2. The Morgan fingerprint density at radius 1 is 1.19 bits per heavy atom. The average molecular weight is 323 g/mol. The quantitative estimate of drug-likeness (QED) is 0.733. The monoisotopic (exact) mass is 323 g/mol. The minimum absolute atomic E-state index is 0.122. The molecule has 0 bridgehead atoms. The second kappa shape index (κ2) is 7.44. The molecule has 0 fully saturated rings. The third-order valence-electron chi connectivity index (χ3n) is 3.38. The lowest BCUT2D eigenvalue weighted by atomic mass is 9.80. The lowest BCUT2D eigenvalue weighted by Crippen LogP contribution is -2.52. The van der Waals surface area contributed by atoms with E-state index in [9.17, 15) is 31.1 Å². The highest BCUT2D eigenvalue weighted by Crippen LogP contribution is 2.35. The van der Waals surface area contributed by atoms with E-state index in [1.165, 1.54) is 7.11 Å². The third kappa shape index (κ3) is 5.82. The van der Waals surface area contributed by atoms with Crippen molar-refractivity contribution in [3.8, 4) is 0 Å². The molecule has 9 heteroatoms. The van der Waals surface area contributed by atoms with Crippen LogP contribution in [-0.2, 0) is 9.53 Å². The van der Waals surface area contributed by atoms with Gasteiger partial charge in [0.2, 0.25) is 5.78 Å². The molecule has 0 saturated carbocycles. The number of Topliss-reactive ketones (excluding diaryl/α,β-unsaturated/α-hetero) is 1. The zero-order chi connectivity index (χ0) is 17.0. The summed E-state index contributed by atoms with van der Waals surface area (Å²) in [6.45, 7) is 2.81. The van der Waals surface area contributed by atoms with Crippen molar-refractivity contribution in [1.29, 1.82) is 0 Å². The van der Waals surface area contributed by atoms with E-state index >= 15 is 0 Å². The maximum atomic E-state index is 12.6. The predicted molar refractivity (Wildman–Crippen MR) is 63.5 cm³/mol. The molecule has 0 amide bonds. The van der Waals surface area contributed by atoms with Crippen LogP contribution in [-0.4, -0.2) is 37.4 Å². The fourth-order valence-corrected chi connectivity index (χ4v) is 2.16. The van der Waals surface area contributed by atoms with Gasteiger partial charge in [-0.2, -0.15) is 26.3 Å². The van der Waals surface area contributed by atoms with Crippen LogP contribution in [0.15, 0.2) is 0 Å². The Balaban J connectivity index is 5.37. The van der Waals surface area contributed by atoms with Crippen LogP contribution in [0.3, 0.4) is 0 Å². The normalized spacial score (nSPS) is 19.0. The van der Waals surface area contributed by atoms with Gasteiger partial charge in [-0.1, -0.05) is 13.8 Å². The summed E-state index contributed by atoms with van der Waals surface area (Å²) in [5.41, 5.74) is 4.87. The van der Waals surface area contributed by atoms with Gasteiger partial charge in [-0.05, 0) is 18.8 Å². The van der Waals surface area contributed by atoms with Gasteiger partial charge in [0, 0.05) is 7.11 Å². The Labute approximate surface area is 118 Å². The van der Waals surface area contributed by atoms with E-state index in [4.69, 9.17) is 10.5 Å². The van der Waals surface area contributed by atoms with Gasteiger partial charge in [0.05, 0.1) is 12.0 Å². The number of hydrogen-bond acceptors (Lipinski definition) is 3. The first-order valence-corrected chi connectivity index (χ1v) is 6.32. The predicted octanol–water partition coefficient (Wildman–Crippen LogP) is 3.07. The zero-order valence-electron chi connectivity index (χ0n) is 11.9. The van der Waals surface area contributed by atoms with E-state index in [1.807, 2.05) is 0 Å². The number of rotatable bonds is 7. The molecule has 3 nitrogen and oxygen atoms in total. The summed E-state index contributed by atoms with van der Waals surface area (Å²) in [4.78, 5) is 11.3. The number of nitrogens with two attached hydrogens (primary N) is 1. The lowest BCUT2D eigenvalue weighted by Gasteiger charge is -2.31. The Morgan fingerprint density at radius 2 is 1.67 bits per heavy atom. The maximum Gasteiger partial charge on any atom is 0.450 e. The first-order chi connectivity index (χ1) is 9.36. The highest BCUT2D eigenvalue weighted by Gasteiger charge is 2.54. The molecule has 0 aromatic carbocycles. The molecule has 0 saturated heterocycles. The maximum absolute atomic E-state index is 12.6. The molecule has 21 heavy (non-hydrogen) atoms. The molecule has 4 atom stereocenters. The fourth-order valence-electron chi connectivity index (χ4n) is 2.16. The van der Waals surface area contributed by atoms with Gasteiger partial charge in [-0.25, -0.2) is 0 Å². The number of ether oxygens (including phenoxy) is 1. The lowest BCUT2D eigenvalue weighted by molar-refractivity contribution is -0.194. The minimum atomic E-state index is -5.36. The van der Waals surface area contributed by atoms with Crippen LogP contribution < -0.4 is 5.73 Å². The van der Waals surface area contributed by atoms with Crippen molar-refractivity contribution in [2.75, 3.05) is 7.11 Å². The van der Waals surface area contributed by atoms with Crippen LogP contribution in [0, 0.1) is 11.8 Å². The zero-order valence-corrected chi connectivity index (χ0v) is 11.9. The van der Waals surface area contributed by atoms with E-state index in [-0.39, 0.29) is 6.42 Å². The molecule has 0 aliphatic heterocycles. The van der Waals surface area contributed by atoms with Crippen molar-refractivity contribution in [1.82, 2.24) is 0 Å². The summed E-state index contributed by atoms with van der Waals surface area (Å²) in [7, 11) is 1.30. The first kappa shape index (κ1) is 20.2. The molecule has 0 radical (unpaired) electrons. The smallest absolute Gasteiger partial charge is 0.381 e. The average Bonchev–Trinajstić information content (AvgIpc) is 2.33. The molecule has 4 unspecified atom stereocenters. The molecule has 0 heterocycles. The topological polar surface area (TPSA) is 52.3 Å². The van der Waals surface area contributed by atoms with Gasteiger partial charge < -0.3 is 10.5 Å². The second-order valence-corrected chi connectivity index (χ2v) is 4.93. The minimum Gasteiger partial charge on any atom is -0.381 e. The van der Waals surface area contributed by atoms with Crippen LogP contribution in [0.25, 0.3) is 0 Å². The highest BCUT2D eigenvalue weighted by atomic mass is 19.4. The van der Waals surface area contributed by atoms with Gasteiger partial charge in [-0.3, -0.25) is 4.79 Å². The van der Waals surface area contributed by atoms with Crippen molar-refractivity contribution in [3.63, 3.8) is 0 Å². The van der Waals surface area contributed by atoms with Crippen LogP contribution in [0.2, 0.25) is 0 Å². The number of methoxy groups -OCH3 is 1. The number of ketones is 1. The van der Waals surface area contributed by atoms with Crippen molar-refractivity contribution in [2.24, 2.45) is 17.6 Å². The summed E-state index contributed by atoms with van der Waals surface area (Å²) in [6.07, 6.45) is -10.7. The van der Waals surface area contributed by atoms with Gasteiger partial charge in [-0.15, -0.1) is 0 Å². The summed E-state index contributed by atoms with van der Waals surface area (Å²) in [6, 6.07) is -2.86. The standard InChI is InChI=1S/C12H19F6NO2/c1-4-7(21-3)5-6(2)8(9(19)11(13,14)15)10(20)12(16,17)18/h6-9H,4-5,19H2,1-3H3. The highest BCUT2D eigenvalue weighted by molar-refractivity contribution is 5.87. The molecule has 2 N–H and O–H groups in total. The van der Waals surface area contributed by atoms with Gasteiger partial charge >= 0.3 is 12.4 Å². The SMILES string of the molecule is CCC(CC(C)C(C(=O)C(F)(F)F)C(N)C(F)(F)F)OC. The van der Waals surface area contributed by atoms with Crippen molar-refractivity contribution in [3.05, 3.63) is 0 Å². The molecule has 0 aliphatic rings. The Kier molecular flexibility index (Phi) is 7.14. The summed E-state index contributed by atoms with van der Waals surface area (Å²) in [5.74, 6) is -6.05. The molecule has 0 aromatic rings. The summed E-state index contributed by atoms with van der Waals surface area (Å²) < 4.78 is 80.4. The largest absolute Gasteiger partial charge is 0.450 e. The number of hydrogen-bond donors (Lipinski definition) is 1. The number of carbonyl (C=O) groups excluding carboxylic acids is 1. The molecule has 126 valence electrons. The third-order valence-corrected chi connectivity index (χ3v) is 3.38. The molecule has 0 aliphatic carbocycles. The van der Waals surface area contributed by atoms with E-state index in [0.717, 1.165) is 6.92 Å². The molecule has 0 rings (SSSR count). The van der Waals surface area contributed by atoms with Crippen molar-refractivity contribution in [2.45, 2.75) is 51.2 Å². The number of carbonyl (C=O) groups is 1. The van der Waals surface area contributed by atoms with Crippen LogP contribution in [0.5, 0.6) is 0 Å². The van der Waals surface area contributed by atoms with E-state index in [0.29, 0.717) is 6.42 Å². The Morgan fingerprint density at radius 3 is 1.95 bits per heavy atom. The van der Waals surface area contributed by atoms with Gasteiger partial charge in [0.25, 0.3) is 0 Å². The molecule has 0 spiro atoms. The van der Waals surface area contributed by atoms with E-state index < -0.39 is 42.1 Å². The molecular weight excluding hydrogens is 304 g/mol. The number of alkyl halides is 6. The van der Waals surface area contributed by atoms with Gasteiger partial charge in [0.15, 0.2) is 0 Å². The Hall–Kier alpha value is -0.830. The Bertz CT molecular complexity index is 338. The summed E-state index contributed by atoms with van der Waals surface area (Å²) >= 11 is 0. The van der Waals surface area contributed by atoms with Crippen LogP contribution >= 0.6 is 0 Å². The van der Waals surface area contributed by atoms with Crippen molar-refractivity contribution >= 4 is 5.78 Å². The first-order valence-electron chi connectivity index (χ1n) is 6.32. The van der Waals surface area contributed by atoms with Gasteiger partial charge in [0.1, 0.15) is 6.04 Å². The van der Waals surface area contributed by atoms with Crippen LogP contribution in [0.4, 0.5) is 26.3 Å². The number of halogens is 6. The second-order valence-electron chi connectivity index (χ2n) is 4.93. The summed E-state index contributed by atoms with van der Waals surface area (Å²) in [5, 5.41) is 0. The molecule has 0 aromatic heterocycles. The van der Waals surface area contributed by atoms with E-state index in [1.54, 1.807) is 6.92 Å².